The Bertz CT molecular complexity index is 366. The van der Waals surface area contributed by atoms with Crippen molar-refractivity contribution in [2.24, 2.45) is 0 Å². The molecule has 0 aromatic heterocycles. The van der Waals surface area contributed by atoms with Crippen LogP contribution in [0.4, 0.5) is 4.79 Å². The smallest absolute Gasteiger partial charge is 0.450 e. The van der Waals surface area contributed by atoms with Gasteiger partial charge in [-0.1, -0.05) is 0 Å². The molecule has 0 radical (unpaired) electrons. The Balaban J connectivity index is 0. The molecule has 10 nitrogen and oxygen atoms in total. The number of hydrogen-bond acceptors (Lipinski definition) is 9. The van der Waals surface area contributed by atoms with Crippen LogP contribution in [0.5, 0.6) is 0 Å². The fraction of sp³-hybridized carbons (Fsp3) is 0.947. The normalized spacial score (nSPS) is 11.8. The third-order valence-corrected chi connectivity index (χ3v) is 10.3. The molecule has 0 heterocycles. The summed E-state index contributed by atoms with van der Waals surface area (Å²) in [5, 5.41) is 2.77. The number of hydrogen-bond donors (Lipinski definition) is 2. The fourth-order valence-electron chi connectivity index (χ4n) is 3.00. The van der Waals surface area contributed by atoms with Gasteiger partial charge in [0.1, 0.15) is 0 Å². The first-order valence-electron chi connectivity index (χ1n) is 11.2. The van der Waals surface area contributed by atoms with Gasteiger partial charge in [0.15, 0.2) is 0 Å². The van der Waals surface area contributed by atoms with Crippen LogP contribution in [0.25, 0.3) is 0 Å². The highest BCUT2D eigenvalue weighted by Gasteiger charge is 2.40. The summed E-state index contributed by atoms with van der Waals surface area (Å²) in [5.74, 6) is 0. The zero-order valence-electron chi connectivity index (χ0n) is 20.5. The second-order valence-electron chi connectivity index (χ2n) is 6.23. The van der Waals surface area contributed by atoms with Crippen LogP contribution in [-0.2, 0) is 31.3 Å². The molecule has 0 aliphatic carbocycles. The summed E-state index contributed by atoms with van der Waals surface area (Å²) in [7, 11) is -5.37. The van der Waals surface area contributed by atoms with E-state index in [4.69, 9.17) is 31.3 Å². The highest BCUT2D eigenvalue weighted by atomic mass is 28.4. The van der Waals surface area contributed by atoms with E-state index in [2.05, 4.69) is 5.32 Å². The summed E-state index contributed by atoms with van der Waals surface area (Å²) in [6.07, 6.45) is 0.869. The molecule has 0 spiro atoms. The van der Waals surface area contributed by atoms with Gasteiger partial charge in [0.05, 0.1) is 6.61 Å². The van der Waals surface area contributed by atoms with Crippen molar-refractivity contribution >= 4 is 23.7 Å². The average molecular weight is 487 g/mol. The molecule has 0 aliphatic heterocycles. The fourth-order valence-corrected chi connectivity index (χ4v) is 8.19. The van der Waals surface area contributed by atoms with Gasteiger partial charge in [-0.05, 0) is 54.4 Å². The van der Waals surface area contributed by atoms with E-state index in [1.165, 1.54) is 0 Å². The van der Waals surface area contributed by atoms with Gasteiger partial charge in [-0.15, -0.1) is 0 Å². The van der Waals surface area contributed by atoms with Gasteiger partial charge in [-0.3, -0.25) is 0 Å². The van der Waals surface area contributed by atoms with Crippen molar-refractivity contribution < 1.29 is 36.1 Å². The minimum absolute atomic E-state index is 0. The first-order valence-corrected chi connectivity index (χ1v) is 15.1. The van der Waals surface area contributed by atoms with Crippen LogP contribution in [0.15, 0.2) is 0 Å². The molecule has 0 saturated carbocycles. The van der Waals surface area contributed by atoms with Crippen molar-refractivity contribution in [3.63, 3.8) is 0 Å². The number of alkyl carbamates (subject to hydrolysis) is 1. The van der Waals surface area contributed by atoms with E-state index in [9.17, 15) is 4.79 Å². The van der Waals surface area contributed by atoms with Crippen LogP contribution >= 0.6 is 0 Å². The van der Waals surface area contributed by atoms with Gasteiger partial charge in [-0.2, -0.15) is 0 Å². The lowest BCUT2D eigenvalue weighted by molar-refractivity contribution is 0.0682. The van der Waals surface area contributed by atoms with Crippen LogP contribution in [0.3, 0.4) is 0 Å². The van der Waals surface area contributed by atoms with E-state index in [0.717, 1.165) is 0 Å². The van der Waals surface area contributed by atoms with Crippen LogP contribution < -0.4 is 11.5 Å². The summed E-state index contributed by atoms with van der Waals surface area (Å²) in [4.78, 5) is 11.9. The number of carbonyl (C=O) groups is 1. The molecule has 0 aromatic rings. The molecule has 0 rings (SSSR count). The Hall–Kier alpha value is -0.576. The van der Waals surface area contributed by atoms with E-state index in [0.29, 0.717) is 71.1 Å². The van der Waals surface area contributed by atoms with Gasteiger partial charge in [0.25, 0.3) is 0 Å². The molecule has 4 N–H and O–H groups in total. The molecule has 188 valence electrons. The second kappa shape index (κ2) is 20.1. The maximum absolute atomic E-state index is 11.9. The number of rotatable bonds is 20. The van der Waals surface area contributed by atoms with E-state index in [1.807, 2.05) is 41.5 Å². The summed E-state index contributed by atoms with van der Waals surface area (Å²) in [5.41, 5.74) is 0. The van der Waals surface area contributed by atoms with Gasteiger partial charge in [0, 0.05) is 58.3 Å². The van der Waals surface area contributed by atoms with Crippen LogP contribution in [0, 0.1) is 0 Å². The standard InChI is InChI=1S/C19H43NO8Si2.H3N/c1-7-23-29(24-8-2,25-9-3)17-13-15-20-19(21)22-16-14-18-30(26-10-4,27-11-5)28-12-6;/h7-18H2,1-6H3,(H,20,21);1H3. The van der Waals surface area contributed by atoms with Crippen molar-refractivity contribution in [1.82, 2.24) is 11.5 Å². The Labute approximate surface area is 190 Å². The van der Waals surface area contributed by atoms with E-state index < -0.39 is 23.7 Å². The molecule has 1 amide bonds. The third-order valence-electron chi connectivity index (χ3n) is 3.98. The zero-order valence-corrected chi connectivity index (χ0v) is 22.5. The molecule has 0 fully saturated rings. The zero-order chi connectivity index (χ0) is 22.7. The van der Waals surface area contributed by atoms with Crippen molar-refractivity contribution in [2.45, 2.75) is 66.5 Å². The average Bonchev–Trinajstić information content (AvgIpc) is 2.70. The number of ether oxygens (including phenoxy) is 1. The summed E-state index contributed by atoms with van der Waals surface area (Å²) in [6, 6.07) is 1.26. The quantitative estimate of drug-likeness (QED) is 0.195. The Morgan fingerprint density at radius 2 is 1.00 bits per heavy atom. The largest absolute Gasteiger partial charge is 0.501 e. The predicted molar refractivity (Wildman–Crippen MR) is 124 cm³/mol. The van der Waals surface area contributed by atoms with Gasteiger partial charge in [0.2, 0.25) is 0 Å². The SMILES string of the molecule is CCO[Si](CCCNC(=O)OCCC[Si](OCC)(OCC)OCC)(OCC)OCC.N. The summed E-state index contributed by atoms with van der Waals surface area (Å²) < 4.78 is 40.1. The molecule has 0 saturated heterocycles. The predicted octanol–water partition coefficient (Wildman–Crippen LogP) is 3.75. The number of nitrogens with one attached hydrogen (secondary N) is 1. The minimum atomic E-state index is -2.69. The van der Waals surface area contributed by atoms with Crippen molar-refractivity contribution in [2.75, 3.05) is 52.8 Å². The summed E-state index contributed by atoms with van der Waals surface area (Å²) >= 11 is 0. The van der Waals surface area contributed by atoms with E-state index in [-0.39, 0.29) is 12.8 Å². The van der Waals surface area contributed by atoms with Gasteiger partial charge >= 0.3 is 23.7 Å². The molecule has 0 bridgehead atoms. The van der Waals surface area contributed by atoms with Crippen LogP contribution in [0.2, 0.25) is 12.1 Å². The van der Waals surface area contributed by atoms with Crippen molar-refractivity contribution in [1.29, 1.82) is 0 Å². The first-order chi connectivity index (χ1) is 14.5. The number of carbonyl (C=O) groups excluding carboxylic acids is 1. The third kappa shape index (κ3) is 14.2. The molecular formula is C19H46N2O8Si2. The highest BCUT2D eigenvalue weighted by molar-refractivity contribution is 6.61. The number of amides is 1. The van der Waals surface area contributed by atoms with Crippen molar-refractivity contribution in [3.05, 3.63) is 0 Å². The lowest BCUT2D eigenvalue weighted by Crippen LogP contribution is -2.46. The molecule has 12 heteroatoms. The van der Waals surface area contributed by atoms with E-state index in [1.54, 1.807) is 0 Å². The lowest BCUT2D eigenvalue weighted by atomic mass is 10.5. The molecule has 31 heavy (non-hydrogen) atoms. The van der Waals surface area contributed by atoms with Gasteiger partial charge in [-0.25, -0.2) is 4.79 Å². The molecule has 0 unspecified atom stereocenters. The lowest BCUT2D eigenvalue weighted by Gasteiger charge is -2.28. The Kier molecular flexibility index (Phi) is 21.1. The van der Waals surface area contributed by atoms with E-state index >= 15 is 0 Å². The Morgan fingerprint density at radius 3 is 1.35 bits per heavy atom. The molecule has 0 aromatic carbocycles. The maximum atomic E-state index is 11.9. The topological polar surface area (TPSA) is 129 Å². The maximum Gasteiger partial charge on any atom is 0.501 e. The van der Waals surface area contributed by atoms with Crippen LogP contribution in [-0.4, -0.2) is 76.5 Å². The van der Waals surface area contributed by atoms with Gasteiger partial charge < -0.3 is 42.8 Å². The summed E-state index contributed by atoms with van der Waals surface area (Å²) in [6.45, 7) is 15.5. The Morgan fingerprint density at radius 1 is 0.645 bits per heavy atom. The first kappa shape index (κ1) is 32.6. The van der Waals surface area contributed by atoms with Crippen molar-refractivity contribution in [3.8, 4) is 0 Å². The minimum Gasteiger partial charge on any atom is -0.450 e. The monoisotopic (exact) mass is 486 g/mol. The molecule has 0 aliphatic rings. The molecule has 0 atom stereocenters. The molecular weight excluding hydrogens is 440 g/mol. The van der Waals surface area contributed by atoms with Crippen LogP contribution in [0.1, 0.15) is 54.4 Å². The second-order valence-corrected chi connectivity index (χ2v) is 11.7. The highest BCUT2D eigenvalue weighted by Crippen LogP contribution is 2.19.